The number of hydrogen-bond donors (Lipinski definition) is 2. The van der Waals surface area contributed by atoms with Gasteiger partial charge in [0.05, 0.1) is 22.1 Å². The molecule has 0 bridgehead atoms. The number of rotatable bonds is 2. The van der Waals surface area contributed by atoms with Crippen molar-refractivity contribution in [2.75, 3.05) is 19.0 Å². The molecular formula is C24H21N3O2. The normalized spacial score (nSPS) is 11.7. The van der Waals surface area contributed by atoms with Crippen LogP contribution in [0.25, 0.3) is 43.6 Å². The lowest BCUT2D eigenvalue weighted by Gasteiger charge is -2.13. The van der Waals surface area contributed by atoms with Crippen LogP contribution in [0.2, 0.25) is 0 Å². The number of anilines is 1. The van der Waals surface area contributed by atoms with Gasteiger partial charge < -0.3 is 14.9 Å². The van der Waals surface area contributed by atoms with Gasteiger partial charge in [0.25, 0.3) is 0 Å². The van der Waals surface area contributed by atoms with E-state index in [4.69, 9.17) is 0 Å². The fourth-order valence-corrected chi connectivity index (χ4v) is 4.10. The van der Waals surface area contributed by atoms with Crippen LogP contribution in [0.1, 0.15) is 12.5 Å². The predicted molar refractivity (Wildman–Crippen MR) is 121 cm³/mol. The summed E-state index contributed by atoms with van der Waals surface area (Å²) in [7, 11) is 3.92. The number of para-hydroxylation sites is 1. The van der Waals surface area contributed by atoms with Crippen LogP contribution in [-0.4, -0.2) is 24.1 Å². The minimum absolute atomic E-state index is 0.0195. The molecular weight excluding hydrogens is 362 g/mol. The topological polar surface area (TPSA) is 69.0 Å². The van der Waals surface area contributed by atoms with Gasteiger partial charge in [-0.25, -0.2) is 0 Å². The molecule has 0 spiro atoms. The molecule has 0 saturated heterocycles. The highest BCUT2D eigenvalue weighted by molar-refractivity contribution is 6.03. The van der Waals surface area contributed by atoms with Crippen molar-refractivity contribution in [2.45, 2.75) is 13.3 Å². The number of aromatic nitrogens is 2. The predicted octanol–water partition coefficient (Wildman–Crippen LogP) is 4.30. The van der Waals surface area contributed by atoms with Crippen molar-refractivity contribution in [3.8, 4) is 0 Å². The Labute approximate surface area is 166 Å². The Morgan fingerprint density at radius 1 is 0.759 bits per heavy atom. The van der Waals surface area contributed by atoms with Crippen molar-refractivity contribution in [1.29, 1.82) is 0 Å². The van der Waals surface area contributed by atoms with E-state index in [-0.39, 0.29) is 10.9 Å². The monoisotopic (exact) mass is 383 g/mol. The van der Waals surface area contributed by atoms with E-state index < -0.39 is 0 Å². The van der Waals surface area contributed by atoms with E-state index in [9.17, 15) is 9.59 Å². The Bertz CT molecular complexity index is 1560. The summed E-state index contributed by atoms with van der Waals surface area (Å²) in [6.45, 7) is 2.07. The van der Waals surface area contributed by atoms with Crippen LogP contribution in [0.3, 0.4) is 0 Å². The molecule has 0 radical (unpaired) electrons. The summed E-state index contributed by atoms with van der Waals surface area (Å²) < 4.78 is 0. The molecule has 5 heteroatoms. The summed E-state index contributed by atoms with van der Waals surface area (Å²) in [5.41, 5.74) is 5.00. The average molecular weight is 383 g/mol. The van der Waals surface area contributed by atoms with Crippen LogP contribution in [0.5, 0.6) is 0 Å². The molecule has 0 aliphatic heterocycles. The molecule has 0 fully saturated rings. The molecule has 0 unspecified atom stereocenters. The van der Waals surface area contributed by atoms with Gasteiger partial charge in [-0.15, -0.1) is 0 Å². The van der Waals surface area contributed by atoms with Gasteiger partial charge in [0.1, 0.15) is 0 Å². The lowest BCUT2D eigenvalue weighted by atomic mass is 10.0. The number of aryl methyl sites for hydroxylation is 1. The first kappa shape index (κ1) is 17.5. The SMILES string of the molecule is CCc1cccc2c(=O)c3cc4[nH]c5cc(N(C)C)ccc5c(=O)c4cc3[nH]c12. The van der Waals surface area contributed by atoms with E-state index in [1.807, 2.05) is 55.4 Å². The van der Waals surface area contributed by atoms with Crippen molar-refractivity contribution >= 4 is 49.3 Å². The van der Waals surface area contributed by atoms with Gasteiger partial charge in [0.15, 0.2) is 10.9 Å². The smallest absolute Gasteiger partial charge is 0.197 e. The molecule has 5 rings (SSSR count). The maximum atomic E-state index is 13.2. The minimum atomic E-state index is -0.0364. The molecule has 0 atom stereocenters. The molecule has 0 amide bonds. The van der Waals surface area contributed by atoms with E-state index in [1.165, 1.54) is 0 Å². The quantitative estimate of drug-likeness (QED) is 0.447. The lowest BCUT2D eigenvalue weighted by molar-refractivity contribution is 1.13. The number of fused-ring (bicyclic) bond motifs is 4. The first-order valence-electron chi connectivity index (χ1n) is 9.72. The van der Waals surface area contributed by atoms with Crippen LogP contribution in [0.15, 0.2) is 58.1 Å². The zero-order valence-corrected chi connectivity index (χ0v) is 16.6. The molecule has 144 valence electrons. The van der Waals surface area contributed by atoms with E-state index in [0.29, 0.717) is 32.6 Å². The average Bonchev–Trinajstić information content (AvgIpc) is 2.72. The second-order valence-corrected chi connectivity index (χ2v) is 7.67. The molecule has 2 N–H and O–H groups in total. The summed E-state index contributed by atoms with van der Waals surface area (Å²) in [6, 6.07) is 15.1. The Hall–Kier alpha value is -3.60. The van der Waals surface area contributed by atoms with E-state index in [1.54, 1.807) is 12.1 Å². The summed E-state index contributed by atoms with van der Waals surface area (Å²) in [4.78, 5) is 35.1. The van der Waals surface area contributed by atoms with E-state index in [0.717, 1.165) is 28.7 Å². The van der Waals surface area contributed by atoms with Crippen LogP contribution >= 0.6 is 0 Å². The van der Waals surface area contributed by atoms with Gasteiger partial charge in [-0.1, -0.05) is 19.1 Å². The highest BCUT2D eigenvalue weighted by Crippen LogP contribution is 2.24. The Balaban J connectivity index is 1.93. The second-order valence-electron chi connectivity index (χ2n) is 7.67. The Morgan fingerprint density at radius 3 is 2.10 bits per heavy atom. The number of hydrogen-bond acceptors (Lipinski definition) is 3. The summed E-state index contributed by atoms with van der Waals surface area (Å²) in [5.74, 6) is 0. The fraction of sp³-hybridized carbons (Fsp3) is 0.167. The molecule has 2 heterocycles. The van der Waals surface area contributed by atoms with E-state index in [2.05, 4.69) is 16.9 Å². The number of nitrogens with zero attached hydrogens (tertiary/aromatic N) is 1. The summed E-state index contributed by atoms with van der Waals surface area (Å²) >= 11 is 0. The fourth-order valence-electron chi connectivity index (χ4n) is 4.10. The minimum Gasteiger partial charge on any atom is -0.378 e. The maximum Gasteiger partial charge on any atom is 0.197 e. The first-order chi connectivity index (χ1) is 14.0. The highest BCUT2D eigenvalue weighted by Gasteiger charge is 2.12. The van der Waals surface area contributed by atoms with Gasteiger partial charge in [0, 0.05) is 41.3 Å². The third-order valence-corrected chi connectivity index (χ3v) is 5.72. The Kier molecular flexibility index (Phi) is 3.74. The molecule has 5 aromatic rings. The lowest BCUT2D eigenvalue weighted by Crippen LogP contribution is -2.11. The van der Waals surface area contributed by atoms with Gasteiger partial charge >= 0.3 is 0 Å². The number of H-pyrrole nitrogens is 2. The second kappa shape index (κ2) is 6.21. The van der Waals surface area contributed by atoms with Gasteiger partial charge in [-0.2, -0.15) is 0 Å². The zero-order valence-electron chi connectivity index (χ0n) is 16.6. The standard InChI is InChI=1S/C24H21N3O2/c1-4-13-6-5-7-16-22(13)26-21-12-17-20(11-18(21)24(16)29)25-19-10-14(27(2)3)8-9-15(19)23(17)28/h5-12H,4H2,1-3H3,(H,25,28)(H,26,29). The highest BCUT2D eigenvalue weighted by atomic mass is 16.1. The molecule has 3 aromatic carbocycles. The number of pyridine rings is 2. The number of benzene rings is 3. The first-order valence-corrected chi connectivity index (χ1v) is 9.72. The van der Waals surface area contributed by atoms with E-state index >= 15 is 0 Å². The largest absolute Gasteiger partial charge is 0.378 e. The molecule has 2 aromatic heterocycles. The van der Waals surface area contributed by atoms with Crippen molar-refractivity contribution < 1.29 is 0 Å². The molecule has 0 aliphatic rings. The summed E-state index contributed by atoms with van der Waals surface area (Å²) in [5, 5.41) is 2.47. The summed E-state index contributed by atoms with van der Waals surface area (Å²) in [6.07, 6.45) is 0.825. The molecule has 0 saturated carbocycles. The zero-order chi connectivity index (χ0) is 20.3. The van der Waals surface area contributed by atoms with Crippen molar-refractivity contribution in [2.24, 2.45) is 0 Å². The molecule has 5 nitrogen and oxygen atoms in total. The van der Waals surface area contributed by atoms with Gasteiger partial charge in [-0.3, -0.25) is 9.59 Å². The number of nitrogens with one attached hydrogen (secondary N) is 2. The third kappa shape index (κ3) is 2.54. The van der Waals surface area contributed by atoms with Crippen LogP contribution in [-0.2, 0) is 6.42 Å². The molecule has 29 heavy (non-hydrogen) atoms. The maximum absolute atomic E-state index is 13.2. The van der Waals surface area contributed by atoms with Gasteiger partial charge in [0.2, 0.25) is 0 Å². The van der Waals surface area contributed by atoms with Crippen molar-refractivity contribution in [3.05, 3.63) is 74.5 Å². The van der Waals surface area contributed by atoms with Crippen molar-refractivity contribution in [1.82, 2.24) is 9.97 Å². The molecule has 0 aliphatic carbocycles. The number of aromatic amines is 2. The van der Waals surface area contributed by atoms with Gasteiger partial charge in [-0.05, 0) is 48.4 Å². The Morgan fingerprint density at radius 2 is 1.41 bits per heavy atom. The van der Waals surface area contributed by atoms with Crippen LogP contribution in [0.4, 0.5) is 5.69 Å². The van der Waals surface area contributed by atoms with Crippen LogP contribution in [0, 0.1) is 0 Å². The van der Waals surface area contributed by atoms with Crippen molar-refractivity contribution in [3.63, 3.8) is 0 Å². The third-order valence-electron chi connectivity index (χ3n) is 5.72. The van der Waals surface area contributed by atoms with Crippen LogP contribution < -0.4 is 15.8 Å².